The summed E-state index contributed by atoms with van der Waals surface area (Å²) in [5.74, 6) is 0.419. The lowest BCUT2D eigenvalue weighted by atomic mass is 10.2. The fourth-order valence-corrected chi connectivity index (χ4v) is 3.96. The molecule has 2 aromatic carbocycles. The van der Waals surface area contributed by atoms with Crippen molar-refractivity contribution in [1.82, 2.24) is 19.9 Å². The van der Waals surface area contributed by atoms with Crippen molar-refractivity contribution in [3.8, 4) is 34.8 Å². The summed E-state index contributed by atoms with van der Waals surface area (Å²) in [5, 5.41) is 10.2. The van der Waals surface area contributed by atoms with Crippen LogP contribution >= 0.6 is 0 Å². The summed E-state index contributed by atoms with van der Waals surface area (Å²) in [7, 11) is -2.60. The molecule has 0 atom stereocenters. The average Bonchev–Trinajstić information content (AvgIpc) is 2.94. The van der Waals surface area contributed by atoms with Crippen molar-refractivity contribution in [2.45, 2.75) is 6.42 Å². The number of aliphatic hydroxyl groups excluding tert-OH is 1. The quantitative estimate of drug-likeness (QED) is 0.256. The first-order chi connectivity index (χ1) is 18.5. The average molecular weight is 536 g/mol. The molecule has 2 N–H and O–H groups in total. The van der Waals surface area contributed by atoms with Gasteiger partial charge in [0.05, 0.1) is 19.1 Å². The van der Waals surface area contributed by atoms with Crippen LogP contribution in [0, 0.1) is 0 Å². The highest BCUT2D eigenvalue weighted by Gasteiger charge is 2.24. The van der Waals surface area contributed by atoms with E-state index in [0.29, 0.717) is 17.7 Å². The van der Waals surface area contributed by atoms with Crippen LogP contribution in [-0.4, -0.2) is 53.8 Å². The summed E-state index contributed by atoms with van der Waals surface area (Å²) in [4.78, 5) is 17.1. The summed E-state index contributed by atoms with van der Waals surface area (Å²) in [6, 6.07) is 17.4. The van der Waals surface area contributed by atoms with E-state index in [0.717, 1.165) is 5.41 Å². The molecule has 0 fully saturated rings. The van der Waals surface area contributed by atoms with Gasteiger partial charge in [-0.25, -0.2) is 23.4 Å². The smallest absolute Gasteiger partial charge is 0.263 e. The number of ether oxygens (including phenoxy) is 3. The third-order valence-electron chi connectivity index (χ3n) is 4.90. The Kier molecular flexibility index (Phi) is 8.80. The zero-order valence-corrected chi connectivity index (χ0v) is 21.2. The predicted molar refractivity (Wildman–Crippen MR) is 141 cm³/mol. The Morgan fingerprint density at radius 1 is 0.921 bits per heavy atom. The van der Waals surface area contributed by atoms with Crippen molar-refractivity contribution in [3.05, 3.63) is 84.0 Å². The largest absolute Gasteiger partial charge is 0.493 e. The summed E-state index contributed by atoms with van der Waals surface area (Å²) in [6.45, 7) is -0.0445. The van der Waals surface area contributed by atoms with Gasteiger partial charge in [0.1, 0.15) is 0 Å². The van der Waals surface area contributed by atoms with Gasteiger partial charge in [0.25, 0.3) is 15.9 Å². The summed E-state index contributed by atoms with van der Waals surface area (Å²) in [5.41, 5.74) is 0.692. The molecule has 4 aromatic rings. The lowest BCUT2D eigenvalue weighted by Gasteiger charge is -2.17. The zero-order chi connectivity index (χ0) is 26.8. The van der Waals surface area contributed by atoms with Crippen LogP contribution < -0.4 is 18.9 Å². The van der Waals surface area contributed by atoms with Gasteiger partial charge in [-0.15, -0.1) is 0 Å². The fourth-order valence-electron chi connectivity index (χ4n) is 3.15. The number of hydrogen-bond donors (Lipinski definition) is 2. The molecule has 4 rings (SSSR count). The van der Waals surface area contributed by atoms with E-state index in [4.69, 9.17) is 14.2 Å². The van der Waals surface area contributed by atoms with E-state index in [2.05, 4.69) is 24.7 Å². The van der Waals surface area contributed by atoms with Crippen LogP contribution in [0.1, 0.15) is 12.0 Å². The predicted octanol–water partition coefficient (Wildman–Crippen LogP) is 3.91. The SMILES string of the molecule is COc1ccccc1Oc1c(NS(=O)(=O)/C=C/c2ccccc2)nc(-c2ncccn2)nc1OCCCO. The van der Waals surface area contributed by atoms with Crippen LogP contribution in [0.3, 0.4) is 0 Å². The molecule has 2 aromatic heterocycles. The van der Waals surface area contributed by atoms with Gasteiger partial charge < -0.3 is 19.3 Å². The summed E-state index contributed by atoms with van der Waals surface area (Å²) >= 11 is 0. The van der Waals surface area contributed by atoms with E-state index in [-0.39, 0.29) is 48.1 Å². The lowest BCUT2D eigenvalue weighted by molar-refractivity contribution is 0.224. The number of hydrogen-bond acceptors (Lipinski definition) is 10. The van der Waals surface area contributed by atoms with Crippen molar-refractivity contribution >= 4 is 21.9 Å². The number of benzene rings is 2. The molecule has 0 aliphatic heterocycles. The molecule has 0 bridgehead atoms. The van der Waals surface area contributed by atoms with Gasteiger partial charge in [0.2, 0.25) is 11.6 Å². The van der Waals surface area contributed by atoms with Gasteiger partial charge in [-0.2, -0.15) is 4.98 Å². The third-order valence-corrected chi connectivity index (χ3v) is 5.87. The molecular weight excluding hydrogens is 510 g/mol. The number of nitrogens with one attached hydrogen (secondary N) is 1. The minimum atomic E-state index is -4.07. The first kappa shape index (κ1) is 26.5. The first-order valence-corrected chi connectivity index (χ1v) is 13.0. The Morgan fingerprint density at radius 3 is 2.34 bits per heavy atom. The molecule has 0 spiro atoms. The van der Waals surface area contributed by atoms with Gasteiger partial charge in [-0.3, -0.25) is 4.72 Å². The zero-order valence-electron chi connectivity index (χ0n) is 20.4. The fraction of sp³-hybridized carbons (Fsp3) is 0.154. The molecule has 0 unspecified atom stereocenters. The molecule has 0 aliphatic carbocycles. The van der Waals surface area contributed by atoms with Gasteiger partial charge in [0, 0.05) is 25.4 Å². The van der Waals surface area contributed by atoms with Crippen LogP contribution in [0.15, 0.2) is 78.5 Å². The standard InChI is InChI=1S/C26H25N5O6S/c1-35-20-11-5-6-12-21(20)37-22-23(31-38(33,34)18-13-19-9-3-2-4-10-19)29-25(24-27-14-7-15-28-24)30-26(22)36-17-8-16-32/h2-7,9-15,18,32H,8,16-17H2,1H3,(H,29,30,31)/b18-13+. The lowest BCUT2D eigenvalue weighted by Crippen LogP contribution is -2.14. The number of anilines is 1. The first-order valence-electron chi connectivity index (χ1n) is 11.5. The molecule has 0 saturated carbocycles. The second-order valence-electron chi connectivity index (χ2n) is 7.64. The molecule has 38 heavy (non-hydrogen) atoms. The van der Waals surface area contributed by atoms with Gasteiger partial charge in [-0.05, 0) is 29.8 Å². The monoisotopic (exact) mass is 535 g/mol. The Bertz CT molecular complexity index is 1490. The Morgan fingerprint density at radius 2 is 1.63 bits per heavy atom. The minimum absolute atomic E-state index is 0.00159. The molecular formula is C26H25N5O6S. The highest BCUT2D eigenvalue weighted by molar-refractivity contribution is 7.95. The maximum Gasteiger partial charge on any atom is 0.263 e. The molecule has 0 aliphatic rings. The van der Waals surface area contributed by atoms with E-state index < -0.39 is 10.0 Å². The van der Waals surface area contributed by atoms with Crippen molar-refractivity contribution < 1.29 is 27.7 Å². The number of para-hydroxylation sites is 2. The molecule has 0 amide bonds. The van der Waals surface area contributed by atoms with E-state index in [9.17, 15) is 13.5 Å². The van der Waals surface area contributed by atoms with E-state index in [1.807, 2.05) is 6.07 Å². The Balaban J connectivity index is 1.81. The van der Waals surface area contributed by atoms with Gasteiger partial charge in [0.15, 0.2) is 23.1 Å². The number of aliphatic hydroxyl groups is 1. The topological polar surface area (TPSA) is 146 Å². The Hall–Kier alpha value is -4.55. The third kappa shape index (κ3) is 7.02. The van der Waals surface area contributed by atoms with Gasteiger partial charge >= 0.3 is 0 Å². The number of aromatic nitrogens is 4. The number of sulfonamides is 1. The molecule has 12 heteroatoms. The van der Waals surface area contributed by atoms with E-state index in [1.165, 1.54) is 25.6 Å². The minimum Gasteiger partial charge on any atom is -0.493 e. The molecule has 0 saturated heterocycles. The second kappa shape index (κ2) is 12.6. The van der Waals surface area contributed by atoms with Crippen LogP contribution in [-0.2, 0) is 10.0 Å². The second-order valence-corrected chi connectivity index (χ2v) is 9.21. The molecule has 196 valence electrons. The number of rotatable bonds is 12. The van der Waals surface area contributed by atoms with Crippen molar-refractivity contribution in [2.24, 2.45) is 0 Å². The van der Waals surface area contributed by atoms with Crippen molar-refractivity contribution in [3.63, 3.8) is 0 Å². The van der Waals surface area contributed by atoms with Crippen LogP contribution in [0.4, 0.5) is 5.82 Å². The number of nitrogens with zero attached hydrogens (tertiary/aromatic N) is 4. The summed E-state index contributed by atoms with van der Waals surface area (Å²) < 4.78 is 45.8. The van der Waals surface area contributed by atoms with E-state index in [1.54, 1.807) is 54.6 Å². The van der Waals surface area contributed by atoms with Gasteiger partial charge in [-0.1, -0.05) is 42.5 Å². The molecule has 11 nitrogen and oxygen atoms in total. The van der Waals surface area contributed by atoms with E-state index >= 15 is 0 Å². The van der Waals surface area contributed by atoms with Crippen LogP contribution in [0.5, 0.6) is 23.1 Å². The number of methoxy groups -OCH3 is 1. The normalized spacial score (nSPS) is 11.3. The molecule has 2 heterocycles. The van der Waals surface area contributed by atoms with Crippen LogP contribution in [0.25, 0.3) is 17.7 Å². The Labute approximate surface area is 219 Å². The van der Waals surface area contributed by atoms with Crippen molar-refractivity contribution in [2.75, 3.05) is 25.0 Å². The van der Waals surface area contributed by atoms with Crippen LogP contribution in [0.2, 0.25) is 0 Å². The molecule has 0 radical (unpaired) electrons. The highest BCUT2D eigenvalue weighted by atomic mass is 32.2. The summed E-state index contributed by atoms with van der Waals surface area (Å²) in [6.07, 6.45) is 4.76. The van der Waals surface area contributed by atoms with Crippen molar-refractivity contribution in [1.29, 1.82) is 0 Å². The maximum atomic E-state index is 13.1. The maximum absolute atomic E-state index is 13.1. The highest BCUT2D eigenvalue weighted by Crippen LogP contribution is 2.41.